The fourth-order valence-corrected chi connectivity index (χ4v) is 4.13. The molecule has 2 atom stereocenters. The van der Waals surface area contributed by atoms with Crippen LogP contribution >= 0.6 is 0 Å². The minimum atomic E-state index is 0.0609. The number of rotatable bonds is 4. The van der Waals surface area contributed by atoms with Crippen molar-refractivity contribution in [1.82, 2.24) is 9.80 Å². The van der Waals surface area contributed by atoms with Gasteiger partial charge in [-0.3, -0.25) is 9.69 Å². The molecule has 1 amide bonds. The summed E-state index contributed by atoms with van der Waals surface area (Å²) in [5, 5.41) is 0. The van der Waals surface area contributed by atoms with E-state index in [1.807, 2.05) is 6.07 Å². The number of carbonyl (C=O) groups is 1. The van der Waals surface area contributed by atoms with Crippen LogP contribution in [0.2, 0.25) is 0 Å². The molecule has 2 N–H and O–H groups in total. The lowest BCUT2D eigenvalue weighted by Gasteiger charge is -2.40. The van der Waals surface area contributed by atoms with E-state index < -0.39 is 0 Å². The molecule has 24 heavy (non-hydrogen) atoms. The second kappa shape index (κ2) is 8.13. The number of nitrogens with zero attached hydrogens (tertiary/aromatic N) is 2. The quantitative estimate of drug-likeness (QED) is 0.924. The summed E-state index contributed by atoms with van der Waals surface area (Å²) >= 11 is 0. The maximum absolute atomic E-state index is 13.1. The molecule has 1 aromatic carbocycles. The lowest BCUT2D eigenvalue weighted by molar-refractivity contribution is -0.140. The van der Waals surface area contributed by atoms with Crippen molar-refractivity contribution in [2.75, 3.05) is 19.6 Å². The predicted octanol–water partition coefficient (Wildman–Crippen LogP) is 2.63. The van der Waals surface area contributed by atoms with Crippen LogP contribution < -0.4 is 5.73 Å². The Labute approximate surface area is 146 Å². The highest BCUT2D eigenvalue weighted by Gasteiger charge is 2.34. The zero-order chi connectivity index (χ0) is 16.9. The van der Waals surface area contributed by atoms with Crippen molar-refractivity contribution in [3.8, 4) is 0 Å². The van der Waals surface area contributed by atoms with Crippen LogP contribution in [-0.4, -0.2) is 47.4 Å². The summed E-state index contributed by atoms with van der Waals surface area (Å²) < 4.78 is 0. The van der Waals surface area contributed by atoms with Gasteiger partial charge in [-0.25, -0.2) is 0 Å². The molecule has 2 heterocycles. The Bertz CT molecular complexity index is 523. The fraction of sp³-hybridized carbons (Fsp3) is 0.650. The molecule has 0 radical (unpaired) electrons. The van der Waals surface area contributed by atoms with E-state index in [2.05, 4.69) is 41.0 Å². The summed E-state index contributed by atoms with van der Waals surface area (Å²) in [6.45, 7) is 5.75. The van der Waals surface area contributed by atoms with Gasteiger partial charge in [0.1, 0.15) is 0 Å². The van der Waals surface area contributed by atoms with Crippen molar-refractivity contribution >= 4 is 5.91 Å². The molecule has 0 spiro atoms. The van der Waals surface area contributed by atoms with Gasteiger partial charge in [-0.15, -0.1) is 0 Å². The molecular weight excluding hydrogens is 298 g/mol. The van der Waals surface area contributed by atoms with E-state index in [0.29, 0.717) is 11.8 Å². The maximum atomic E-state index is 13.1. The highest BCUT2D eigenvalue weighted by atomic mass is 16.2. The molecule has 0 aromatic heterocycles. The smallest absolute Gasteiger partial charge is 0.239 e. The summed E-state index contributed by atoms with van der Waals surface area (Å²) in [4.78, 5) is 17.6. The monoisotopic (exact) mass is 329 g/mol. The van der Waals surface area contributed by atoms with Crippen LogP contribution in [0.5, 0.6) is 0 Å². The van der Waals surface area contributed by atoms with Gasteiger partial charge in [-0.2, -0.15) is 0 Å². The number of carbonyl (C=O) groups excluding carboxylic acids is 1. The zero-order valence-corrected chi connectivity index (χ0v) is 14.9. The van der Waals surface area contributed by atoms with E-state index in [0.717, 1.165) is 51.9 Å². The molecule has 2 aliphatic rings. The second-order valence-electron chi connectivity index (χ2n) is 7.49. The third-order valence-electron chi connectivity index (χ3n) is 5.72. The summed E-state index contributed by atoms with van der Waals surface area (Å²) in [6.07, 6.45) is 5.46. The molecule has 1 aromatic rings. The lowest BCUT2D eigenvalue weighted by atomic mass is 9.90. The normalized spacial score (nSPS) is 24.8. The molecular formula is C20H31N3O. The number of likely N-dealkylation sites (tertiary alicyclic amines) is 2. The molecule has 0 saturated carbocycles. The van der Waals surface area contributed by atoms with Gasteiger partial charge in [-0.1, -0.05) is 36.8 Å². The van der Waals surface area contributed by atoms with Crippen LogP contribution in [-0.2, 0) is 11.3 Å². The largest absolute Gasteiger partial charge is 0.341 e. The average molecular weight is 329 g/mol. The highest BCUT2D eigenvalue weighted by molar-refractivity contribution is 5.82. The van der Waals surface area contributed by atoms with Crippen molar-refractivity contribution in [3.05, 3.63) is 35.9 Å². The van der Waals surface area contributed by atoms with Gasteiger partial charge < -0.3 is 10.6 Å². The summed E-state index contributed by atoms with van der Waals surface area (Å²) in [5.74, 6) is 0.912. The second-order valence-corrected chi connectivity index (χ2v) is 7.49. The van der Waals surface area contributed by atoms with Crippen molar-refractivity contribution < 1.29 is 4.79 Å². The molecule has 132 valence electrons. The van der Waals surface area contributed by atoms with Crippen molar-refractivity contribution in [1.29, 1.82) is 0 Å². The molecule has 0 aliphatic carbocycles. The number of hydrogen-bond donors (Lipinski definition) is 1. The third-order valence-corrected chi connectivity index (χ3v) is 5.72. The van der Waals surface area contributed by atoms with Crippen LogP contribution in [0.15, 0.2) is 30.3 Å². The number of nitrogens with two attached hydrogens (primary N) is 1. The molecule has 2 fully saturated rings. The fourth-order valence-electron chi connectivity index (χ4n) is 4.13. The number of piperidine rings is 2. The van der Waals surface area contributed by atoms with Crippen molar-refractivity contribution in [2.24, 2.45) is 11.7 Å². The Morgan fingerprint density at radius 1 is 1.12 bits per heavy atom. The van der Waals surface area contributed by atoms with E-state index in [1.165, 1.54) is 12.0 Å². The van der Waals surface area contributed by atoms with E-state index in [9.17, 15) is 4.79 Å². The molecule has 4 heteroatoms. The van der Waals surface area contributed by atoms with E-state index >= 15 is 0 Å². The van der Waals surface area contributed by atoms with Gasteiger partial charge >= 0.3 is 0 Å². The first-order valence-electron chi connectivity index (χ1n) is 9.47. The Morgan fingerprint density at radius 3 is 2.50 bits per heavy atom. The number of benzene rings is 1. The maximum Gasteiger partial charge on any atom is 0.239 e. The van der Waals surface area contributed by atoms with Crippen molar-refractivity contribution in [2.45, 2.75) is 57.7 Å². The third kappa shape index (κ3) is 4.17. The Hall–Kier alpha value is -1.39. The molecule has 2 aliphatic heterocycles. The first-order chi connectivity index (χ1) is 11.6. The first-order valence-corrected chi connectivity index (χ1v) is 9.47. The topological polar surface area (TPSA) is 49.6 Å². The standard InChI is InChI=1S/C20H31N3O/c1-16(21)18-10-13-22(14-11-18)20(24)19-9-5-6-12-23(19)15-17-7-3-2-4-8-17/h2-4,7-8,16,18-19H,5-6,9-15,21H2,1H3. The van der Waals surface area contributed by atoms with Gasteiger partial charge in [0.05, 0.1) is 6.04 Å². The molecule has 3 rings (SSSR count). The van der Waals surface area contributed by atoms with Crippen LogP contribution in [0.1, 0.15) is 44.6 Å². The lowest BCUT2D eigenvalue weighted by Crippen LogP contribution is -2.53. The number of hydrogen-bond acceptors (Lipinski definition) is 3. The average Bonchev–Trinajstić information content (AvgIpc) is 2.62. The Balaban J connectivity index is 1.61. The van der Waals surface area contributed by atoms with E-state index in [-0.39, 0.29) is 12.1 Å². The summed E-state index contributed by atoms with van der Waals surface area (Å²) in [5.41, 5.74) is 7.33. The predicted molar refractivity (Wildman–Crippen MR) is 97.4 cm³/mol. The van der Waals surface area contributed by atoms with Crippen molar-refractivity contribution in [3.63, 3.8) is 0 Å². The molecule has 2 saturated heterocycles. The van der Waals surface area contributed by atoms with Crippen LogP contribution in [0.3, 0.4) is 0 Å². The minimum Gasteiger partial charge on any atom is -0.341 e. The summed E-state index contributed by atoms with van der Waals surface area (Å²) in [7, 11) is 0. The minimum absolute atomic E-state index is 0.0609. The zero-order valence-electron chi connectivity index (χ0n) is 14.9. The Morgan fingerprint density at radius 2 is 1.83 bits per heavy atom. The van der Waals surface area contributed by atoms with Crippen LogP contribution in [0, 0.1) is 5.92 Å². The molecule has 2 unspecified atom stereocenters. The van der Waals surface area contributed by atoms with Crippen LogP contribution in [0.4, 0.5) is 0 Å². The molecule has 4 nitrogen and oxygen atoms in total. The first kappa shape index (κ1) is 17.4. The van der Waals surface area contributed by atoms with Gasteiger partial charge in [0.2, 0.25) is 5.91 Å². The van der Waals surface area contributed by atoms with Gasteiger partial charge in [0.15, 0.2) is 0 Å². The van der Waals surface area contributed by atoms with E-state index in [1.54, 1.807) is 0 Å². The van der Waals surface area contributed by atoms with E-state index in [4.69, 9.17) is 5.73 Å². The highest BCUT2D eigenvalue weighted by Crippen LogP contribution is 2.25. The van der Waals surface area contributed by atoms with Crippen LogP contribution in [0.25, 0.3) is 0 Å². The van der Waals surface area contributed by atoms with Gasteiger partial charge in [0, 0.05) is 25.7 Å². The SMILES string of the molecule is CC(N)C1CCN(C(=O)C2CCCCN2Cc2ccccc2)CC1. The van der Waals surface area contributed by atoms with Gasteiger partial charge in [0.25, 0.3) is 0 Å². The molecule has 0 bridgehead atoms. The Kier molecular flexibility index (Phi) is 5.90. The summed E-state index contributed by atoms with van der Waals surface area (Å²) in [6, 6.07) is 10.8. The number of amides is 1. The van der Waals surface area contributed by atoms with Gasteiger partial charge in [-0.05, 0) is 50.6 Å².